The summed E-state index contributed by atoms with van der Waals surface area (Å²) in [6, 6.07) is 6.15. The maximum atomic E-state index is 6.18. The summed E-state index contributed by atoms with van der Waals surface area (Å²) in [5.74, 6) is 0. The van der Waals surface area contributed by atoms with Gasteiger partial charge in [-0.3, -0.25) is 0 Å². The lowest BCUT2D eigenvalue weighted by Gasteiger charge is -2.36. The number of hydrogen-bond donors (Lipinski definition) is 1. The van der Waals surface area contributed by atoms with Crippen LogP contribution in [0, 0.1) is 0 Å². The van der Waals surface area contributed by atoms with Crippen LogP contribution in [0.5, 0.6) is 0 Å². The first kappa shape index (κ1) is 13.9. The van der Waals surface area contributed by atoms with E-state index in [-0.39, 0.29) is 12.4 Å². The molecule has 0 aromatic heterocycles. The van der Waals surface area contributed by atoms with Crippen molar-refractivity contribution in [2.75, 3.05) is 24.5 Å². The minimum atomic E-state index is 0. The molecule has 0 bridgehead atoms. The van der Waals surface area contributed by atoms with Crippen molar-refractivity contribution in [3.05, 3.63) is 28.2 Å². The highest BCUT2D eigenvalue weighted by Gasteiger charge is 2.19. The Morgan fingerprint density at radius 2 is 2.12 bits per heavy atom. The molecule has 1 aliphatic heterocycles. The van der Waals surface area contributed by atoms with E-state index in [1.807, 2.05) is 12.1 Å². The highest BCUT2D eigenvalue weighted by Crippen LogP contribution is 2.30. The zero-order valence-corrected chi connectivity index (χ0v) is 11.4. The van der Waals surface area contributed by atoms with Crippen LogP contribution in [-0.2, 0) is 0 Å². The van der Waals surface area contributed by atoms with Crippen molar-refractivity contribution in [1.82, 2.24) is 5.32 Å². The van der Waals surface area contributed by atoms with E-state index in [0.717, 1.165) is 30.3 Å². The molecule has 0 saturated carbocycles. The van der Waals surface area contributed by atoms with E-state index in [0.29, 0.717) is 11.1 Å². The van der Waals surface area contributed by atoms with Gasteiger partial charge in [0.15, 0.2) is 0 Å². The number of anilines is 1. The Bertz CT molecular complexity index is 357. The van der Waals surface area contributed by atoms with Crippen molar-refractivity contribution in [2.24, 2.45) is 0 Å². The van der Waals surface area contributed by atoms with Crippen molar-refractivity contribution < 1.29 is 0 Å². The van der Waals surface area contributed by atoms with E-state index in [1.54, 1.807) is 6.07 Å². The van der Waals surface area contributed by atoms with E-state index < -0.39 is 0 Å². The van der Waals surface area contributed by atoms with E-state index in [4.69, 9.17) is 23.2 Å². The van der Waals surface area contributed by atoms with Crippen LogP contribution < -0.4 is 10.2 Å². The van der Waals surface area contributed by atoms with Crippen LogP contribution in [0.2, 0.25) is 10.0 Å². The largest absolute Gasteiger partial charge is 0.365 e. The molecule has 1 heterocycles. The van der Waals surface area contributed by atoms with Gasteiger partial charge < -0.3 is 10.2 Å². The van der Waals surface area contributed by atoms with Gasteiger partial charge in [-0.15, -0.1) is 12.4 Å². The molecular formula is C11H15Cl3N2. The molecule has 2 rings (SSSR count). The van der Waals surface area contributed by atoms with E-state index in [1.165, 1.54) is 0 Å². The summed E-state index contributed by atoms with van der Waals surface area (Å²) in [5.41, 5.74) is 1.08. The smallest absolute Gasteiger partial charge is 0.0654 e. The molecule has 1 N–H and O–H groups in total. The topological polar surface area (TPSA) is 15.3 Å². The fourth-order valence-corrected chi connectivity index (χ4v) is 2.43. The van der Waals surface area contributed by atoms with E-state index in [9.17, 15) is 0 Å². The first-order valence-corrected chi connectivity index (χ1v) is 5.86. The van der Waals surface area contributed by atoms with Gasteiger partial charge in [-0.2, -0.15) is 0 Å². The molecule has 0 spiro atoms. The lowest BCUT2D eigenvalue weighted by molar-refractivity contribution is 0.501. The SMILES string of the molecule is C[C@H]1CNCCN1c1ccc(Cl)cc1Cl.Cl. The van der Waals surface area contributed by atoms with Crippen molar-refractivity contribution in [2.45, 2.75) is 13.0 Å². The third-order valence-electron chi connectivity index (χ3n) is 2.72. The van der Waals surface area contributed by atoms with E-state index >= 15 is 0 Å². The van der Waals surface area contributed by atoms with Crippen LogP contribution in [-0.4, -0.2) is 25.7 Å². The first-order valence-electron chi connectivity index (χ1n) is 5.11. The monoisotopic (exact) mass is 280 g/mol. The third-order valence-corrected chi connectivity index (χ3v) is 3.26. The normalized spacial score (nSPS) is 20.4. The van der Waals surface area contributed by atoms with Crippen LogP contribution in [0.1, 0.15) is 6.92 Å². The summed E-state index contributed by atoms with van der Waals surface area (Å²) in [7, 11) is 0. The predicted octanol–water partition coefficient (Wildman–Crippen LogP) is 3.21. The second kappa shape index (κ2) is 5.97. The van der Waals surface area contributed by atoms with Gasteiger partial charge in [0.25, 0.3) is 0 Å². The van der Waals surface area contributed by atoms with Crippen LogP contribution in [0.25, 0.3) is 0 Å². The molecule has 0 unspecified atom stereocenters. The Morgan fingerprint density at radius 1 is 1.38 bits per heavy atom. The summed E-state index contributed by atoms with van der Waals surface area (Å²) in [6.45, 7) is 5.18. The molecule has 90 valence electrons. The number of nitrogens with zero attached hydrogens (tertiary/aromatic N) is 1. The number of piperazine rings is 1. The highest BCUT2D eigenvalue weighted by atomic mass is 35.5. The molecule has 1 atom stereocenters. The minimum Gasteiger partial charge on any atom is -0.365 e. The van der Waals surface area contributed by atoms with Gasteiger partial charge in [0.2, 0.25) is 0 Å². The quantitative estimate of drug-likeness (QED) is 0.850. The van der Waals surface area contributed by atoms with Gasteiger partial charge in [-0.25, -0.2) is 0 Å². The average Bonchev–Trinajstić information content (AvgIpc) is 2.20. The van der Waals surface area contributed by atoms with Crippen LogP contribution in [0.4, 0.5) is 5.69 Å². The highest BCUT2D eigenvalue weighted by molar-refractivity contribution is 6.36. The molecule has 16 heavy (non-hydrogen) atoms. The predicted molar refractivity (Wildman–Crippen MR) is 73.4 cm³/mol. The Labute approximate surface area is 112 Å². The maximum Gasteiger partial charge on any atom is 0.0654 e. The fourth-order valence-electron chi connectivity index (χ4n) is 1.91. The average molecular weight is 282 g/mol. The van der Waals surface area contributed by atoms with Crippen LogP contribution in [0.3, 0.4) is 0 Å². The first-order chi connectivity index (χ1) is 7.18. The Kier molecular flexibility index (Phi) is 5.19. The summed E-state index contributed by atoms with van der Waals surface area (Å²) < 4.78 is 0. The summed E-state index contributed by atoms with van der Waals surface area (Å²) in [6.07, 6.45) is 0. The number of hydrogen-bond acceptors (Lipinski definition) is 2. The van der Waals surface area contributed by atoms with Crippen LogP contribution >= 0.6 is 35.6 Å². The number of rotatable bonds is 1. The van der Waals surface area contributed by atoms with Crippen molar-refractivity contribution in [3.63, 3.8) is 0 Å². The second-order valence-corrected chi connectivity index (χ2v) is 4.69. The van der Waals surface area contributed by atoms with Gasteiger partial charge in [0, 0.05) is 30.7 Å². The zero-order chi connectivity index (χ0) is 10.8. The minimum absolute atomic E-state index is 0. The Morgan fingerprint density at radius 3 is 2.75 bits per heavy atom. The lowest BCUT2D eigenvalue weighted by atomic mass is 10.2. The number of nitrogens with one attached hydrogen (secondary N) is 1. The van der Waals surface area contributed by atoms with Gasteiger partial charge >= 0.3 is 0 Å². The van der Waals surface area contributed by atoms with Crippen LogP contribution in [0.15, 0.2) is 18.2 Å². The zero-order valence-electron chi connectivity index (χ0n) is 9.04. The molecule has 1 aromatic rings. The van der Waals surface area contributed by atoms with Gasteiger partial charge in [-0.1, -0.05) is 23.2 Å². The molecule has 1 aliphatic rings. The maximum absolute atomic E-state index is 6.18. The molecule has 2 nitrogen and oxygen atoms in total. The molecular weight excluding hydrogens is 266 g/mol. The molecule has 0 radical (unpaired) electrons. The van der Waals surface area contributed by atoms with Crippen molar-refractivity contribution in [1.29, 1.82) is 0 Å². The van der Waals surface area contributed by atoms with Gasteiger partial charge in [0.05, 0.1) is 10.7 Å². The Balaban J connectivity index is 0.00000128. The number of benzene rings is 1. The van der Waals surface area contributed by atoms with E-state index in [2.05, 4.69) is 17.1 Å². The molecule has 1 saturated heterocycles. The molecule has 0 aliphatic carbocycles. The fraction of sp³-hybridized carbons (Fsp3) is 0.455. The third kappa shape index (κ3) is 2.95. The van der Waals surface area contributed by atoms with Crippen molar-refractivity contribution in [3.8, 4) is 0 Å². The standard InChI is InChI=1S/C11H14Cl2N2.ClH/c1-8-7-14-4-5-15(8)11-3-2-9(12)6-10(11)13;/h2-3,6,8,14H,4-5,7H2,1H3;1H/t8-;/m0./s1. The second-order valence-electron chi connectivity index (χ2n) is 3.84. The summed E-state index contributed by atoms with van der Waals surface area (Å²) >= 11 is 12.1. The molecule has 1 fully saturated rings. The van der Waals surface area contributed by atoms with Crippen molar-refractivity contribution >= 4 is 41.3 Å². The summed E-state index contributed by atoms with van der Waals surface area (Å²) in [4.78, 5) is 2.31. The number of halogens is 3. The molecule has 1 aromatic carbocycles. The van der Waals surface area contributed by atoms with Gasteiger partial charge in [0.1, 0.15) is 0 Å². The summed E-state index contributed by atoms with van der Waals surface area (Å²) in [5, 5.41) is 4.77. The Hall–Kier alpha value is -0.150. The lowest BCUT2D eigenvalue weighted by Crippen LogP contribution is -2.50. The molecule has 0 amide bonds. The van der Waals surface area contributed by atoms with Gasteiger partial charge in [-0.05, 0) is 25.1 Å². The molecule has 5 heteroatoms.